The molecule has 1 amide bonds. The van der Waals surface area contributed by atoms with Crippen molar-refractivity contribution in [2.75, 3.05) is 0 Å². The topological polar surface area (TPSA) is 102 Å². The molecule has 0 aliphatic rings. The van der Waals surface area contributed by atoms with E-state index in [0.717, 1.165) is 6.07 Å². The van der Waals surface area contributed by atoms with Gasteiger partial charge in [0.05, 0.1) is 12.3 Å². The lowest BCUT2D eigenvalue weighted by atomic mass is 10.1. The van der Waals surface area contributed by atoms with Crippen LogP contribution in [0.25, 0.3) is 0 Å². The summed E-state index contributed by atoms with van der Waals surface area (Å²) in [4.78, 5) is 11.6. The van der Waals surface area contributed by atoms with Crippen LogP contribution in [0.15, 0.2) is 27.8 Å². The molecule has 0 aliphatic carbocycles. The number of nitrogens with one attached hydrogen (secondary N) is 1. The highest BCUT2D eigenvalue weighted by Gasteiger charge is 2.26. The lowest BCUT2D eigenvalue weighted by Gasteiger charge is -2.05. The van der Waals surface area contributed by atoms with Gasteiger partial charge in [-0.05, 0) is 18.1 Å². The zero-order valence-electron chi connectivity index (χ0n) is 13.6. The molecule has 0 unspecified atom stereocenters. The van der Waals surface area contributed by atoms with Gasteiger partial charge >= 0.3 is 5.22 Å². The number of carbonyl (C=O) groups is 1. The second-order valence-electron chi connectivity index (χ2n) is 5.80. The SMILES string of the molecule is CC(C)CC(=O)NCc1nnc(S(=O)(=O)Cc2c(F)cccc2Cl)o1. The maximum Gasteiger partial charge on any atom is 0.335 e. The summed E-state index contributed by atoms with van der Waals surface area (Å²) >= 11 is 5.84. The van der Waals surface area contributed by atoms with Crippen LogP contribution in [0.2, 0.25) is 5.02 Å². The molecule has 1 heterocycles. The Kier molecular flexibility index (Phi) is 6.12. The molecule has 7 nitrogen and oxygen atoms in total. The molecule has 1 aromatic heterocycles. The summed E-state index contributed by atoms with van der Waals surface area (Å²) < 4.78 is 43.4. The molecule has 0 saturated heterocycles. The maximum absolute atomic E-state index is 13.8. The van der Waals surface area contributed by atoms with E-state index in [0.29, 0.717) is 6.42 Å². The molecule has 10 heteroatoms. The van der Waals surface area contributed by atoms with E-state index in [2.05, 4.69) is 15.5 Å². The summed E-state index contributed by atoms with van der Waals surface area (Å²) in [6, 6.07) is 3.87. The van der Waals surface area contributed by atoms with Gasteiger partial charge in [-0.3, -0.25) is 4.79 Å². The van der Waals surface area contributed by atoms with Crippen molar-refractivity contribution in [1.29, 1.82) is 0 Å². The van der Waals surface area contributed by atoms with Crippen LogP contribution in [0.3, 0.4) is 0 Å². The highest BCUT2D eigenvalue weighted by atomic mass is 35.5. The fourth-order valence-electron chi connectivity index (χ4n) is 1.97. The van der Waals surface area contributed by atoms with Crippen molar-refractivity contribution < 1.29 is 22.0 Å². The highest BCUT2D eigenvalue weighted by molar-refractivity contribution is 7.90. The first-order valence-electron chi connectivity index (χ1n) is 7.43. The van der Waals surface area contributed by atoms with Crippen molar-refractivity contribution in [2.45, 2.75) is 37.8 Å². The van der Waals surface area contributed by atoms with Crippen molar-refractivity contribution in [3.63, 3.8) is 0 Å². The Balaban J connectivity index is 2.09. The van der Waals surface area contributed by atoms with Gasteiger partial charge in [0.25, 0.3) is 0 Å². The minimum Gasteiger partial charge on any atom is -0.411 e. The second-order valence-corrected chi connectivity index (χ2v) is 8.07. The minimum atomic E-state index is -4.07. The number of amides is 1. The summed E-state index contributed by atoms with van der Waals surface area (Å²) in [5.41, 5.74) is -0.172. The quantitative estimate of drug-likeness (QED) is 0.780. The zero-order valence-corrected chi connectivity index (χ0v) is 15.2. The molecule has 0 aliphatic heterocycles. The minimum absolute atomic E-state index is 0.00994. The van der Waals surface area contributed by atoms with Crippen LogP contribution in [0, 0.1) is 11.7 Å². The van der Waals surface area contributed by atoms with Crippen molar-refractivity contribution in [1.82, 2.24) is 15.5 Å². The molecular formula is C15H17ClFN3O4S. The standard InChI is InChI=1S/C15H17ClFN3O4S/c1-9(2)6-13(21)18-7-14-19-20-15(24-14)25(22,23)8-10-11(16)4-3-5-12(10)17/h3-5,9H,6-8H2,1-2H3,(H,18,21). The fourth-order valence-corrected chi connectivity index (χ4v) is 3.47. The predicted molar refractivity (Wildman–Crippen MR) is 87.9 cm³/mol. The largest absolute Gasteiger partial charge is 0.411 e. The fraction of sp³-hybridized carbons (Fsp3) is 0.400. The normalized spacial score (nSPS) is 11.7. The number of halogens is 2. The van der Waals surface area contributed by atoms with Crippen molar-refractivity contribution in [2.24, 2.45) is 5.92 Å². The van der Waals surface area contributed by atoms with Crippen LogP contribution < -0.4 is 5.32 Å². The first-order valence-corrected chi connectivity index (χ1v) is 9.47. The number of aromatic nitrogens is 2. The maximum atomic E-state index is 13.8. The molecule has 2 aromatic rings. The first kappa shape index (κ1) is 19.3. The Bertz CT molecular complexity index is 847. The average Bonchev–Trinajstić information content (AvgIpc) is 2.98. The van der Waals surface area contributed by atoms with Gasteiger partial charge < -0.3 is 9.73 Å². The summed E-state index contributed by atoms with van der Waals surface area (Å²) in [5, 5.41) is 8.93. The van der Waals surface area contributed by atoms with Gasteiger partial charge in [0.2, 0.25) is 21.6 Å². The van der Waals surface area contributed by atoms with Crippen LogP contribution in [0.5, 0.6) is 0 Å². The summed E-state index contributed by atoms with van der Waals surface area (Å²) in [6.07, 6.45) is 0.324. The zero-order chi connectivity index (χ0) is 18.6. The number of hydrogen-bond donors (Lipinski definition) is 1. The predicted octanol–water partition coefficient (Wildman–Crippen LogP) is 2.50. The van der Waals surface area contributed by atoms with Gasteiger partial charge in [0.15, 0.2) is 0 Å². The van der Waals surface area contributed by atoms with E-state index in [4.69, 9.17) is 16.0 Å². The third kappa shape index (κ3) is 5.23. The number of nitrogens with zero attached hydrogens (tertiary/aromatic N) is 2. The molecule has 0 saturated carbocycles. The van der Waals surface area contributed by atoms with E-state index < -0.39 is 26.6 Å². The van der Waals surface area contributed by atoms with Gasteiger partial charge in [0, 0.05) is 17.0 Å². The molecular weight excluding hydrogens is 373 g/mol. The van der Waals surface area contributed by atoms with Crippen molar-refractivity contribution >= 4 is 27.3 Å². The second kappa shape index (κ2) is 7.92. The summed E-state index contributed by atoms with van der Waals surface area (Å²) in [5.74, 6) is -1.54. The molecule has 136 valence electrons. The van der Waals surface area contributed by atoms with Gasteiger partial charge in [-0.25, -0.2) is 12.8 Å². The van der Waals surface area contributed by atoms with Crippen LogP contribution in [-0.2, 0) is 26.9 Å². The Morgan fingerprint density at radius 1 is 1.36 bits per heavy atom. The first-order chi connectivity index (χ1) is 11.7. The molecule has 0 radical (unpaired) electrons. The van der Waals surface area contributed by atoms with Crippen LogP contribution in [0.1, 0.15) is 31.7 Å². The van der Waals surface area contributed by atoms with E-state index in [9.17, 15) is 17.6 Å². The van der Waals surface area contributed by atoms with E-state index >= 15 is 0 Å². The third-order valence-electron chi connectivity index (χ3n) is 3.14. The Morgan fingerprint density at radius 3 is 2.72 bits per heavy atom. The Hall–Kier alpha value is -2.00. The smallest absolute Gasteiger partial charge is 0.335 e. The average molecular weight is 390 g/mol. The van der Waals surface area contributed by atoms with Crippen LogP contribution in [0.4, 0.5) is 4.39 Å². The highest BCUT2D eigenvalue weighted by Crippen LogP contribution is 2.24. The molecule has 1 N–H and O–H groups in total. The van der Waals surface area contributed by atoms with Gasteiger partial charge in [-0.1, -0.05) is 36.6 Å². The molecule has 0 bridgehead atoms. The summed E-state index contributed by atoms with van der Waals surface area (Å²) in [6.45, 7) is 3.70. The van der Waals surface area contributed by atoms with Crippen molar-refractivity contribution in [3.05, 3.63) is 40.5 Å². The van der Waals surface area contributed by atoms with Gasteiger partial charge in [-0.15, -0.1) is 5.10 Å². The van der Waals surface area contributed by atoms with E-state index in [1.54, 1.807) is 0 Å². The molecule has 0 spiro atoms. The Morgan fingerprint density at radius 2 is 2.08 bits per heavy atom. The molecule has 2 rings (SSSR count). The van der Waals surface area contributed by atoms with Gasteiger partial charge in [0.1, 0.15) is 5.82 Å². The summed E-state index contributed by atoms with van der Waals surface area (Å²) in [7, 11) is -4.07. The van der Waals surface area contributed by atoms with Crippen molar-refractivity contribution in [3.8, 4) is 0 Å². The van der Waals surface area contributed by atoms with E-state index in [-0.39, 0.29) is 34.8 Å². The molecule has 1 aromatic carbocycles. The van der Waals surface area contributed by atoms with E-state index in [1.165, 1.54) is 12.1 Å². The molecule has 0 fully saturated rings. The Labute approximate surface area is 149 Å². The van der Waals surface area contributed by atoms with E-state index in [1.807, 2.05) is 13.8 Å². The lowest BCUT2D eigenvalue weighted by Crippen LogP contribution is -2.24. The number of benzene rings is 1. The van der Waals surface area contributed by atoms with Gasteiger partial charge in [-0.2, -0.15) is 0 Å². The molecule has 25 heavy (non-hydrogen) atoms. The number of sulfone groups is 1. The third-order valence-corrected chi connectivity index (χ3v) is 4.86. The van der Waals surface area contributed by atoms with Crippen LogP contribution in [-0.4, -0.2) is 24.5 Å². The molecule has 0 atom stereocenters. The van der Waals surface area contributed by atoms with Crippen LogP contribution >= 0.6 is 11.6 Å². The number of carbonyl (C=O) groups excluding carboxylic acids is 1. The lowest BCUT2D eigenvalue weighted by molar-refractivity contribution is -0.122. The number of rotatable bonds is 7. The monoisotopic (exact) mass is 389 g/mol. The number of hydrogen-bond acceptors (Lipinski definition) is 6.